The molecule has 1 aromatic rings. The van der Waals surface area contributed by atoms with Gasteiger partial charge in [-0.15, -0.1) is 0 Å². The minimum atomic E-state index is 0.145. The van der Waals surface area contributed by atoms with Crippen molar-refractivity contribution >= 4 is 11.5 Å². The van der Waals surface area contributed by atoms with Crippen LogP contribution in [0.1, 0.15) is 45.6 Å². The molecule has 1 aromatic carbocycles. The maximum atomic E-state index is 12.3. The van der Waals surface area contributed by atoms with Gasteiger partial charge in [0.1, 0.15) is 5.71 Å². The van der Waals surface area contributed by atoms with Crippen LogP contribution in [0.15, 0.2) is 48.2 Å². The zero-order valence-corrected chi connectivity index (χ0v) is 13.4. The normalized spacial score (nSPS) is 12.8. The lowest BCUT2D eigenvalue weighted by Crippen LogP contribution is -2.25. The SMILES string of the molecule is C=CN(Cc1ccccc1)/N=C(/C(=O)CCC)C(C)CC. The molecule has 0 spiro atoms. The first-order valence-electron chi connectivity index (χ1n) is 7.67. The maximum absolute atomic E-state index is 12.3. The minimum Gasteiger partial charge on any atom is -0.293 e. The zero-order valence-electron chi connectivity index (χ0n) is 13.4. The van der Waals surface area contributed by atoms with Crippen molar-refractivity contribution in [2.75, 3.05) is 0 Å². The molecule has 3 nitrogen and oxygen atoms in total. The summed E-state index contributed by atoms with van der Waals surface area (Å²) in [6, 6.07) is 10.1. The van der Waals surface area contributed by atoms with Gasteiger partial charge in [-0.05, 0) is 18.4 Å². The Kier molecular flexibility index (Phi) is 7.44. The van der Waals surface area contributed by atoms with Crippen molar-refractivity contribution in [1.82, 2.24) is 5.01 Å². The smallest absolute Gasteiger partial charge is 0.179 e. The molecule has 0 bridgehead atoms. The van der Waals surface area contributed by atoms with Crippen molar-refractivity contribution in [3.8, 4) is 0 Å². The fourth-order valence-electron chi connectivity index (χ4n) is 2.03. The number of rotatable bonds is 9. The van der Waals surface area contributed by atoms with E-state index in [0.29, 0.717) is 18.7 Å². The summed E-state index contributed by atoms with van der Waals surface area (Å²) in [6.45, 7) is 10.6. The summed E-state index contributed by atoms with van der Waals surface area (Å²) in [4.78, 5) is 12.3. The number of hydrogen-bond acceptors (Lipinski definition) is 3. The van der Waals surface area contributed by atoms with Crippen LogP contribution >= 0.6 is 0 Å². The number of Topliss-reactive ketones (excluding diaryl/α,β-unsaturated/α-hetero) is 1. The third kappa shape index (κ3) is 5.54. The minimum absolute atomic E-state index is 0.145. The molecule has 3 heteroatoms. The van der Waals surface area contributed by atoms with E-state index in [9.17, 15) is 4.79 Å². The molecule has 1 atom stereocenters. The molecule has 0 aromatic heterocycles. The molecule has 114 valence electrons. The van der Waals surface area contributed by atoms with E-state index < -0.39 is 0 Å². The van der Waals surface area contributed by atoms with Crippen LogP contribution in [-0.4, -0.2) is 16.5 Å². The summed E-state index contributed by atoms with van der Waals surface area (Å²) in [6.07, 6.45) is 3.99. The predicted octanol–water partition coefficient (Wildman–Crippen LogP) is 4.40. The zero-order chi connectivity index (χ0) is 15.7. The molecule has 0 saturated carbocycles. The second kappa shape index (κ2) is 9.11. The van der Waals surface area contributed by atoms with Gasteiger partial charge >= 0.3 is 0 Å². The molecular formula is C18H26N2O. The van der Waals surface area contributed by atoms with Gasteiger partial charge in [-0.2, -0.15) is 5.10 Å². The van der Waals surface area contributed by atoms with Gasteiger partial charge in [0, 0.05) is 18.5 Å². The van der Waals surface area contributed by atoms with Crippen LogP contribution in [0.5, 0.6) is 0 Å². The molecule has 0 radical (unpaired) electrons. The van der Waals surface area contributed by atoms with Crippen LogP contribution in [0, 0.1) is 5.92 Å². The molecule has 0 N–H and O–H groups in total. The van der Waals surface area contributed by atoms with Gasteiger partial charge in [0.2, 0.25) is 0 Å². The molecular weight excluding hydrogens is 260 g/mol. The van der Waals surface area contributed by atoms with Gasteiger partial charge in [-0.25, -0.2) is 0 Å². The molecule has 0 fully saturated rings. The van der Waals surface area contributed by atoms with E-state index in [0.717, 1.165) is 18.4 Å². The van der Waals surface area contributed by atoms with E-state index in [2.05, 4.69) is 25.5 Å². The molecule has 0 aliphatic carbocycles. The first-order valence-corrected chi connectivity index (χ1v) is 7.67. The Bertz CT molecular complexity index is 479. The first kappa shape index (κ1) is 17.2. The Balaban J connectivity index is 2.93. The second-order valence-electron chi connectivity index (χ2n) is 5.23. The monoisotopic (exact) mass is 286 g/mol. The number of hydrazone groups is 1. The lowest BCUT2D eigenvalue weighted by Gasteiger charge is -2.19. The average Bonchev–Trinajstić information content (AvgIpc) is 2.51. The van der Waals surface area contributed by atoms with E-state index in [-0.39, 0.29) is 11.7 Å². The maximum Gasteiger partial charge on any atom is 0.179 e. The quantitative estimate of drug-likeness (QED) is 0.498. The summed E-state index contributed by atoms with van der Waals surface area (Å²) in [5.41, 5.74) is 1.81. The Hall–Kier alpha value is -1.90. The van der Waals surface area contributed by atoms with Crippen molar-refractivity contribution in [1.29, 1.82) is 0 Å². The van der Waals surface area contributed by atoms with E-state index in [1.54, 1.807) is 11.2 Å². The van der Waals surface area contributed by atoms with Crippen LogP contribution in [0.25, 0.3) is 0 Å². The standard InChI is InChI=1S/C18H26N2O/c1-5-11-17(21)18(15(4)6-2)19-20(7-3)14-16-12-9-8-10-13-16/h7-10,12-13,15H,3,5-6,11,14H2,1-2,4H3/b19-18+. The molecule has 0 aliphatic rings. The number of ketones is 1. The second-order valence-corrected chi connectivity index (χ2v) is 5.23. The Morgan fingerprint density at radius 3 is 2.52 bits per heavy atom. The van der Waals surface area contributed by atoms with Crippen LogP contribution in [0.4, 0.5) is 0 Å². The van der Waals surface area contributed by atoms with Crippen molar-refractivity contribution in [3.63, 3.8) is 0 Å². The summed E-state index contributed by atoms with van der Waals surface area (Å²) >= 11 is 0. The summed E-state index contributed by atoms with van der Waals surface area (Å²) in [5, 5.41) is 6.32. The van der Waals surface area contributed by atoms with Crippen LogP contribution in [-0.2, 0) is 11.3 Å². The van der Waals surface area contributed by atoms with Crippen LogP contribution < -0.4 is 0 Å². The van der Waals surface area contributed by atoms with Gasteiger partial charge in [-0.1, -0.05) is 57.7 Å². The highest BCUT2D eigenvalue weighted by Crippen LogP contribution is 2.12. The summed E-state index contributed by atoms with van der Waals surface area (Å²) in [7, 11) is 0. The highest BCUT2D eigenvalue weighted by Gasteiger charge is 2.18. The number of benzene rings is 1. The average molecular weight is 286 g/mol. The predicted molar refractivity (Wildman–Crippen MR) is 89.0 cm³/mol. The topological polar surface area (TPSA) is 32.7 Å². The van der Waals surface area contributed by atoms with Crippen LogP contribution in [0.3, 0.4) is 0 Å². The van der Waals surface area contributed by atoms with Crippen molar-refractivity contribution in [2.24, 2.45) is 11.0 Å². The lowest BCUT2D eigenvalue weighted by molar-refractivity contribution is -0.113. The molecule has 1 unspecified atom stereocenters. The van der Waals surface area contributed by atoms with E-state index in [1.807, 2.05) is 37.3 Å². The molecule has 0 aliphatic heterocycles. The Labute approximate surface area is 128 Å². The third-order valence-electron chi connectivity index (χ3n) is 3.48. The first-order chi connectivity index (χ1) is 10.1. The van der Waals surface area contributed by atoms with Gasteiger partial charge < -0.3 is 0 Å². The number of carbonyl (C=O) groups excluding carboxylic acids is 1. The fourth-order valence-corrected chi connectivity index (χ4v) is 2.03. The molecule has 0 heterocycles. The Morgan fingerprint density at radius 1 is 1.33 bits per heavy atom. The highest BCUT2D eigenvalue weighted by atomic mass is 16.1. The fraction of sp³-hybridized carbons (Fsp3) is 0.444. The van der Waals surface area contributed by atoms with Crippen molar-refractivity contribution < 1.29 is 4.79 Å². The largest absolute Gasteiger partial charge is 0.293 e. The number of nitrogens with zero attached hydrogens (tertiary/aromatic N) is 2. The molecule has 21 heavy (non-hydrogen) atoms. The Morgan fingerprint density at radius 2 is 2.00 bits per heavy atom. The molecule has 1 rings (SSSR count). The molecule has 0 saturated heterocycles. The lowest BCUT2D eigenvalue weighted by atomic mass is 9.97. The van der Waals surface area contributed by atoms with Gasteiger partial charge in [-0.3, -0.25) is 9.80 Å². The molecule has 0 amide bonds. The van der Waals surface area contributed by atoms with E-state index >= 15 is 0 Å². The van der Waals surface area contributed by atoms with Gasteiger partial charge in [0.05, 0.1) is 6.54 Å². The van der Waals surface area contributed by atoms with Crippen LogP contribution in [0.2, 0.25) is 0 Å². The highest BCUT2D eigenvalue weighted by molar-refractivity contribution is 6.40. The van der Waals surface area contributed by atoms with Crippen molar-refractivity contribution in [3.05, 3.63) is 48.7 Å². The van der Waals surface area contributed by atoms with Gasteiger partial charge in [0.15, 0.2) is 5.78 Å². The number of carbonyl (C=O) groups is 1. The summed E-state index contributed by atoms with van der Waals surface area (Å²) < 4.78 is 0. The van der Waals surface area contributed by atoms with E-state index in [4.69, 9.17) is 0 Å². The summed E-state index contributed by atoms with van der Waals surface area (Å²) in [5.74, 6) is 0.314. The van der Waals surface area contributed by atoms with Crippen molar-refractivity contribution in [2.45, 2.75) is 46.6 Å². The third-order valence-corrected chi connectivity index (χ3v) is 3.48. The number of hydrogen-bond donors (Lipinski definition) is 0. The van der Waals surface area contributed by atoms with Gasteiger partial charge in [0.25, 0.3) is 0 Å². The van der Waals surface area contributed by atoms with E-state index in [1.165, 1.54) is 0 Å².